The van der Waals surface area contributed by atoms with Gasteiger partial charge in [0.25, 0.3) is 0 Å². The molecule has 0 radical (unpaired) electrons. The Morgan fingerprint density at radius 2 is 1.85 bits per heavy atom. The van der Waals surface area contributed by atoms with Crippen LogP contribution in [-0.4, -0.2) is 29.1 Å². The second-order valence-corrected chi connectivity index (χ2v) is 9.10. The molecular formula is C20H23ClN2O4. The van der Waals surface area contributed by atoms with Crippen LogP contribution in [0.1, 0.15) is 46.1 Å². The third-order valence-corrected chi connectivity index (χ3v) is 6.34. The molecule has 7 heteroatoms. The normalized spacial score (nSPS) is 26.2. The summed E-state index contributed by atoms with van der Waals surface area (Å²) >= 11 is 6.09. The van der Waals surface area contributed by atoms with Crippen LogP contribution in [0.15, 0.2) is 18.2 Å². The molecule has 0 aliphatic heterocycles. The minimum Gasteiger partial charge on any atom is -0.489 e. The van der Waals surface area contributed by atoms with Crippen molar-refractivity contribution in [2.45, 2.75) is 52.7 Å². The van der Waals surface area contributed by atoms with E-state index in [1.807, 2.05) is 33.8 Å². The van der Waals surface area contributed by atoms with Crippen LogP contribution in [0.3, 0.4) is 0 Å². The summed E-state index contributed by atoms with van der Waals surface area (Å²) in [4.78, 5) is 24.0. The van der Waals surface area contributed by atoms with E-state index in [1.54, 1.807) is 18.2 Å². The lowest BCUT2D eigenvalue weighted by molar-refractivity contribution is -0.176. The van der Waals surface area contributed by atoms with Gasteiger partial charge in [-0.05, 0) is 25.0 Å². The largest absolute Gasteiger partial charge is 0.489 e. The van der Waals surface area contributed by atoms with Crippen molar-refractivity contribution in [3.63, 3.8) is 0 Å². The number of ether oxygens (including phenoxy) is 1. The van der Waals surface area contributed by atoms with Crippen molar-refractivity contribution >= 4 is 23.5 Å². The van der Waals surface area contributed by atoms with Crippen molar-refractivity contribution in [2.24, 2.45) is 16.2 Å². The van der Waals surface area contributed by atoms with Gasteiger partial charge in [-0.3, -0.25) is 9.59 Å². The number of aliphatic carboxylic acids is 1. The number of nitrogens with one attached hydrogen (secondary N) is 1. The number of hydrogen-bond donors (Lipinski definition) is 2. The van der Waals surface area contributed by atoms with Gasteiger partial charge < -0.3 is 15.2 Å². The van der Waals surface area contributed by atoms with E-state index in [0.29, 0.717) is 29.2 Å². The summed E-state index contributed by atoms with van der Waals surface area (Å²) in [7, 11) is 0. The van der Waals surface area contributed by atoms with E-state index in [1.165, 1.54) is 0 Å². The topological polar surface area (TPSA) is 99.4 Å². The predicted octanol–water partition coefficient (Wildman–Crippen LogP) is 3.37. The van der Waals surface area contributed by atoms with Gasteiger partial charge in [0.1, 0.15) is 23.3 Å². The Hall–Kier alpha value is -2.26. The minimum atomic E-state index is -1.27. The standard InChI is InChI=1S/C20H23ClN2O4/c1-18(2)14(23-16(24)20(7-8-20)17(25)26)19(3,4)15(18)27-12-6-5-11(10-22)13(21)9-12/h5-6,9,14-15H,7-8H2,1-4H3,(H,23,24)(H,25,26). The number of hydrogen-bond acceptors (Lipinski definition) is 4. The van der Waals surface area contributed by atoms with Crippen molar-refractivity contribution in [2.75, 3.05) is 0 Å². The highest BCUT2D eigenvalue weighted by Gasteiger charge is 2.66. The molecule has 2 saturated carbocycles. The van der Waals surface area contributed by atoms with Crippen molar-refractivity contribution in [3.05, 3.63) is 28.8 Å². The second-order valence-electron chi connectivity index (χ2n) is 8.69. The van der Waals surface area contributed by atoms with Crippen molar-refractivity contribution < 1.29 is 19.4 Å². The summed E-state index contributed by atoms with van der Waals surface area (Å²) in [6.07, 6.45) is 0.538. The van der Waals surface area contributed by atoms with Crippen molar-refractivity contribution in [3.8, 4) is 11.8 Å². The van der Waals surface area contributed by atoms with Gasteiger partial charge in [0.2, 0.25) is 5.91 Å². The number of benzene rings is 1. The predicted molar refractivity (Wildman–Crippen MR) is 99.4 cm³/mol. The first-order valence-electron chi connectivity index (χ1n) is 8.87. The molecule has 27 heavy (non-hydrogen) atoms. The average Bonchev–Trinajstić information content (AvgIpc) is 3.39. The first-order chi connectivity index (χ1) is 12.5. The van der Waals surface area contributed by atoms with Gasteiger partial charge in [0, 0.05) is 22.9 Å². The number of halogens is 1. The fourth-order valence-electron chi connectivity index (χ4n) is 4.53. The summed E-state index contributed by atoms with van der Waals surface area (Å²) in [5.74, 6) is -0.921. The molecule has 2 aliphatic carbocycles. The first kappa shape index (κ1) is 19.5. The van der Waals surface area contributed by atoms with E-state index in [4.69, 9.17) is 21.6 Å². The lowest BCUT2D eigenvalue weighted by Gasteiger charge is -2.63. The van der Waals surface area contributed by atoms with Crippen LogP contribution in [-0.2, 0) is 9.59 Å². The second kappa shape index (κ2) is 6.13. The van der Waals surface area contributed by atoms with Crippen molar-refractivity contribution in [1.29, 1.82) is 5.26 Å². The van der Waals surface area contributed by atoms with Crippen LogP contribution in [0.4, 0.5) is 0 Å². The van der Waals surface area contributed by atoms with Gasteiger partial charge in [-0.1, -0.05) is 39.3 Å². The maximum absolute atomic E-state index is 12.5. The molecule has 0 saturated heterocycles. The highest BCUT2D eigenvalue weighted by atomic mass is 35.5. The van der Waals surface area contributed by atoms with Gasteiger partial charge >= 0.3 is 5.97 Å². The molecule has 144 valence electrons. The van der Waals surface area contributed by atoms with Crippen LogP contribution in [0.5, 0.6) is 5.75 Å². The number of carboxylic acid groups (broad SMARTS) is 1. The molecule has 0 heterocycles. The van der Waals surface area contributed by atoms with E-state index >= 15 is 0 Å². The van der Waals surface area contributed by atoms with Crippen LogP contribution >= 0.6 is 11.6 Å². The zero-order chi connectivity index (χ0) is 20.2. The molecule has 1 amide bonds. The highest BCUT2D eigenvalue weighted by Crippen LogP contribution is 2.56. The Balaban J connectivity index is 1.76. The van der Waals surface area contributed by atoms with E-state index in [0.717, 1.165) is 0 Å². The van der Waals surface area contributed by atoms with Gasteiger partial charge in [-0.25, -0.2) is 0 Å². The fraction of sp³-hybridized carbons (Fsp3) is 0.550. The van der Waals surface area contributed by atoms with Crippen LogP contribution in [0, 0.1) is 27.6 Å². The molecule has 0 unspecified atom stereocenters. The Morgan fingerprint density at radius 1 is 1.26 bits per heavy atom. The van der Waals surface area contributed by atoms with Crippen LogP contribution in [0.25, 0.3) is 0 Å². The number of carbonyl (C=O) groups is 2. The maximum Gasteiger partial charge on any atom is 0.319 e. The SMILES string of the molecule is CC1(C)C(NC(=O)C2(C(=O)O)CC2)C(C)(C)C1Oc1ccc(C#N)c(Cl)c1. The summed E-state index contributed by atoms with van der Waals surface area (Å²) < 4.78 is 6.16. The fourth-order valence-corrected chi connectivity index (χ4v) is 4.74. The van der Waals surface area contributed by atoms with Gasteiger partial charge in [0.15, 0.2) is 0 Å². The van der Waals surface area contributed by atoms with E-state index in [9.17, 15) is 14.7 Å². The number of amides is 1. The summed E-state index contributed by atoms with van der Waals surface area (Å²) in [5, 5.41) is 21.6. The Bertz CT molecular complexity index is 836. The molecule has 0 aromatic heterocycles. The Kier molecular flexibility index (Phi) is 4.43. The Labute approximate surface area is 163 Å². The summed E-state index contributed by atoms with van der Waals surface area (Å²) in [6.45, 7) is 7.94. The molecule has 2 N–H and O–H groups in total. The molecular weight excluding hydrogens is 368 g/mol. The molecule has 2 fully saturated rings. The van der Waals surface area contributed by atoms with Crippen LogP contribution in [0.2, 0.25) is 5.02 Å². The molecule has 2 aliphatic rings. The number of carboxylic acids is 1. The Morgan fingerprint density at radius 3 is 2.30 bits per heavy atom. The molecule has 0 spiro atoms. The third-order valence-electron chi connectivity index (χ3n) is 6.02. The number of rotatable bonds is 5. The molecule has 1 aromatic carbocycles. The minimum absolute atomic E-state index is 0.223. The van der Waals surface area contributed by atoms with Gasteiger partial charge in [-0.15, -0.1) is 0 Å². The zero-order valence-electron chi connectivity index (χ0n) is 15.8. The third kappa shape index (κ3) is 2.94. The maximum atomic E-state index is 12.5. The van der Waals surface area contributed by atoms with E-state index < -0.39 is 28.1 Å². The lowest BCUT2D eigenvalue weighted by atomic mass is 9.49. The quantitative estimate of drug-likeness (QED) is 0.751. The summed E-state index contributed by atoms with van der Waals surface area (Å²) in [5.41, 5.74) is -1.70. The summed E-state index contributed by atoms with van der Waals surface area (Å²) in [6, 6.07) is 6.71. The van der Waals surface area contributed by atoms with Crippen LogP contribution < -0.4 is 10.1 Å². The molecule has 3 rings (SSSR count). The number of nitrogens with zero attached hydrogens (tertiary/aromatic N) is 1. The molecule has 0 bridgehead atoms. The lowest BCUT2D eigenvalue weighted by Crippen LogP contribution is -2.75. The molecule has 6 nitrogen and oxygen atoms in total. The van der Waals surface area contributed by atoms with Crippen molar-refractivity contribution in [1.82, 2.24) is 5.32 Å². The zero-order valence-corrected chi connectivity index (χ0v) is 16.6. The average molecular weight is 391 g/mol. The number of nitriles is 1. The monoisotopic (exact) mass is 390 g/mol. The molecule has 1 aromatic rings. The highest BCUT2D eigenvalue weighted by molar-refractivity contribution is 6.31. The van der Waals surface area contributed by atoms with Gasteiger partial charge in [0.05, 0.1) is 10.6 Å². The number of carbonyl (C=O) groups excluding carboxylic acids is 1. The van der Waals surface area contributed by atoms with E-state index in [-0.39, 0.29) is 12.1 Å². The van der Waals surface area contributed by atoms with E-state index in [2.05, 4.69) is 5.32 Å². The first-order valence-corrected chi connectivity index (χ1v) is 9.25. The smallest absolute Gasteiger partial charge is 0.319 e. The van der Waals surface area contributed by atoms with Gasteiger partial charge in [-0.2, -0.15) is 5.26 Å². The molecule has 0 atom stereocenters.